The van der Waals surface area contributed by atoms with E-state index in [0.717, 1.165) is 25.8 Å². The predicted octanol–water partition coefficient (Wildman–Crippen LogP) is 1.27. The van der Waals surface area contributed by atoms with Gasteiger partial charge in [0.15, 0.2) is 0 Å². The van der Waals surface area contributed by atoms with E-state index < -0.39 is 10.0 Å². The van der Waals surface area contributed by atoms with Crippen molar-refractivity contribution in [1.82, 2.24) is 9.62 Å². The number of hydrogen-bond donors (Lipinski definition) is 1. The van der Waals surface area contributed by atoms with E-state index in [1.165, 1.54) is 6.26 Å². The van der Waals surface area contributed by atoms with E-state index in [0.29, 0.717) is 30.9 Å². The van der Waals surface area contributed by atoms with Crippen LogP contribution in [0.4, 0.5) is 0 Å². The molecule has 0 aromatic heterocycles. The summed E-state index contributed by atoms with van der Waals surface area (Å²) in [6.07, 6.45) is 4.34. The number of halogens is 1. The number of nitrogens with zero attached hydrogens (tertiary/aromatic N) is 1. The van der Waals surface area contributed by atoms with Crippen LogP contribution >= 0.6 is 11.6 Å². The molecule has 17 heavy (non-hydrogen) atoms. The molecule has 0 bridgehead atoms. The topological polar surface area (TPSA) is 49.4 Å². The summed E-state index contributed by atoms with van der Waals surface area (Å²) in [5.41, 5.74) is 0. The highest BCUT2D eigenvalue weighted by atomic mass is 35.5. The standard InChI is InChI=1S/C11H23ClN2O2S/c1-3-11(7-12)13-8-10-5-4-6-14(9-10)17(2,15)16/h10-11,13H,3-9H2,1-2H3. The van der Waals surface area contributed by atoms with Crippen molar-refractivity contribution < 1.29 is 8.42 Å². The molecule has 1 fully saturated rings. The summed E-state index contributed by atoms with van der Waals surface area (Å²) >= 11 is 5.82. The van der Waals surface area contributed by atoms with Crippen LogP contribution in [-0.2, 0) is 10.0 Å². The molecule has 0 saturated carbocycles. The van der Waals surface area contributed by atoms with Crippen LogP contribution < -0.4 is 5.32 Å². The summed E-state index contributed by atoms with van der Waals surface area (Å²) in [7, 11) is -3.03. The summed E-state index contributed by atoms with van der Waals surface area (Å²) in [5, 5.41) is 3.41. The lowest BCUT2D eigenvalue weighted by molar-refractivity contribution is 0.256. The molecule has 0 spiro atoms. The van der Waals surface area contributed by atoms with Crippen molar-refractivity contribution in [3.63, 3.8) is 0 Å². The molecule has 1 aliphatic heterocycles. The quantitative estimate of drug-likeness (QED) is 0.747. The maximum Gasteiger partial charge on any atom is 0.211 e. The summed E-state index contributed by atoms with van der Waals surface area (Å²) in [6.45, 7) is 4.27. The van der Waals surface area contributed by atoms with Crippen LogP contribution in [0.3, 0.4) is 0 Å². The Morgan fingerprint density at radius 2 is 2.24 bits per heavy atom. The predicted molar refractivity (Wildman–Crippen MR) is 71.9 cm³/mol. The third kappa shape index (κ3) is 5.12. The number of rotatable bonds is 6. The van der Waals surface area contributed by atoms with Gasteiger partial charge in [0.1, 0.15) is 0 Å². The molecule has 1 rings (SSSR count). The molecule has 0 amide bonds. The Bertz CT molecular complexity index is 317. The van der Waals surface area contributed by atoms with E-state index in [1.54, 1.807) is 4.31 Å². The van der Waals surface area contributed by atoms with Gasteiger partial charge in [0.2, 0.25) is 10.0 Å². The van der Waals surface area contributed by atoms with Gasteiger partial charge in [0, 0.05) is 25.0 Å². The number of alkyl halides is 1. The highest BCUT2D eigenvalue weighted by Crippen LogP contribution is 2.18. The minimum absolute atomic E-state index is 0.338. The molecule has 1 aliphatic rings. The molecule has 102 valence electrons. The van der Waals surface area contributed by atoms with Crippen molar-refractivity contribution in [2.24, 2.45) is 5.92 Å². The molecule has 0 aromatic rings. The lowest BCUT2D eigenvalue weighted by Crippen LogP contribution is -2.44. The van der Waals surface area contributed by atoms with Gasteiger partial charge >= 0.3 is 0 Å². The molecule has 0 aliphatic carbocycles. The van der Waals surface area contributed by atoms with Gasteiger partial charge < -0.3 is 5.32 Å². The van der Waals surface area contributed by atoms with E-state index in [2.05, 4.69) is 12.2 Å². The normalized spacial score (nSPS) is 24.8. The fraction of sp³-hybridized carbons (Fsp3) is 1.00. The molecule has 0 aromatic carbocycles. The van der Waals surface area contributed by atoms with Crippen LogP contribution in [0.15, 0.2) is 0 Å². The fourth-order valence-corrected chi connectivity index (χ4v) is 3.41. The first kappa shape index (κ1) is 15.2. The van der Waals surface area contributed by atoms with Crippen molar-refractivity contribution >= 4 is 21.6 Å². The van der Waals surface area contributed by atoms with Gasteiger partial charge in [0.25, 0.3) is 0 Å². The van der Waals surface area contributed by atoms with Crippen LogP contribution in [0.5, 0.6) is 0 Å². The third-order valence-corrected chi connectivity index (χ3v) is 4.97. The summed E-state index contributed by atoms with van der Waals surface area (Å²) in [6, 6.07) is 0.338. The third-order valence-electron chi connectivity index (χ3n) is 3.32. The van der Waals surface area contributed by atoms with Crippen LogP contribution in [0.1, 0.15) is 26.2 Å². The van der Waals surface area contributed by atoms with Crippen molar-refractivity contribution in [2.75, 3.05) is 31.8 Å². The maximum absolute atomic E-state index is 11.5. The summed E-state index contributed by atoms with van der Waals surface area (Å²) in [5.74, 6) is 1.02. The second kappa shape index (κ2) is 6.92. The Hall–Kier alpha value is 0.160. The van der Waals surface area contributed by atoms with E-state index >= 15 is 0 Å². The average Bonchev–Trinajstić information content (AvgIpc) is 2.30. The minimum atomic E-state index is -3.03. The Morgan fingerprint density at radius 1 is 1.53 bits per heavy atom. The van der Waals surface area contributed by atoms with E-state index in [4.69, 9.17) is 11.6 Å². The molecule has 2 unspecified atom stereocenters. The van der Waals surface area contributed by atoms with Gasteiger partial charge in [-0.15, -0.1) is 11.6 Å². The lowest BCUT2D eigenvalue weighted by Gasteiger charge is -2.31. The zero-order valence-corrected chi connectivity index (χ0v) is 12.2. The van der Waals surface area contributed by atoms with Crippen molar-refractivity contribution in [1.29, 1.82) is 0 Å². The second-order valence-electron chi connectivity index (χ2n) is 4.80. The number of sulfonamides is 1. The van der Waals surface area contributed by atoms with Gasteiger partial charge in [-0.3, -0.25) is 0 Å². The molecular weight excluding hydrogens is 260 g/mol. The molecule has 4 nitrogen and oxygen atoms in total. The zero-order chi connectivity index (χ0) is 12.9. The van der Waals surface area contributed by atoms with E-state index in [9.17, 15) is 8.42 Å². The van der Waals surface area contributed by atoms with Crippen LogP contribution in [0, 0.1) is 5.92 Å². The first-order valence-electron chi connectivity index (χ1n) is 6.21. The van der Waals surface area contributed by atoms with Gasteiger partial charge in [-0.05, 0) is 31.7 Å². The SMILES string of the molecule is CCC(CCl)NCC1CCCN(S(C)(=O)=O)C1. The van der Waals surface area contributed by atoms with Crippen LogP contribution in [-0.4, -0.2) is 50.5 Å². The lowest BCUT2D eigenvalue weighted by atomic mass is 9.99. The summed E-state index contributed by atoms with van der Waals surface area (Å²) < 4.78 is 24.5. The van der Waals surface area contributed by atoms with E-state index in [1.807, 2.05) is 0 Å². The van der Waals surface area contributed by atoms with Gasteiger partial charge in [0.05, 0.1) is 6.26 Å². The molecular formula is C11H23ClN2O2S. The first-order valence-corrected chi connectivity index (χ1v) is 8.60. The van der Waals surface area contributed by atoms with Crippen LogP contribution in [0.25, 0.3) is 0 Å². The number of piperidine rings is 1. The molecule has 6 heteroatoms. The van der Waals surface area contributed by atoms with Crippen molar-refractivity contribution in [3.05, 3.63) is 0 Å². The Balaban J connectivity index is 2.40. The van der Waals surface area contributed by atoms with Crippen molar-refractivity contribution in [3.8, 4) is 0 Å². The van der Waals surface area contributed by atoms with Gasteiger partial charge in [-0.1, -0.05) is 6.92 Å². The molecule has 2 atom stereocenters. The monoisotopic (exact) mass is 282 g/mol. The Labute approximate surface area is 110 Å². The van der Waals surface area contributed by atoms with Gasteiger partial charge in [-0.2, -0.15) is 0 Å². The van der Waals surface area contributed by atoms with Gasteiger partial charge in [-0.25, -0.2) is 12.7 Å². The second-order valence-corrected chi connectivity index (χ2v) is 7.09. The molecule has 1 heterocycles. The minimum Gasteiger partial charge on any atom is -0.312 e. The smallest absolute Gasteiger partial charge is 0.211 e. The largest absolute Gasteiger partial charge is 0.312 e. The highest BCUT2D eigenvalue weighted by molar-refractivity contribution is 7.88. The van der Waals surface area contributed by atoms with E-state index in [-0.39, 0.29) is 0 Å². The first-order chi connectivity index (χ1) is 7.97. The number of nitrogens with one attached hydrogen (secondary N) is 1. The molecule has 0 radical (unpaired) electrons. The molecule has 1 saturated heterocycles. The Morgan fingerprint density at radius 3 is 2.76 bits per heavy atom. The van der Waals surface area contributed by atoms with Crippen molar-refractivity contribution in [2.45, 2.75) is 32.2 Å². The number of hydrogen-bond acceptors (Lipinski definition) is 3. The highest BCUT2D eigenvalue weighted by Gasteiger charge is 2.25. The average molecular weight is 283 g/mol. The zero-order valence-electron chi connectivity index (χ0n) is 10.7. The Kier molecular flexibility index (Phi) is 6.20. The summed E-state index contributed by atoms with van der Waals surface area (Å²) in [4.78, 5) is 0. The molecule has 1 N–H and O–H groups in total. The van der Waals surface area contributed by atoms with Crippen LogP contribution in [0.2, 0.25) is 0 Å². The fourth-order valence-electron chi connectivity index (χ4n) is 2.14. The maximum atomic E-state index is 11.5.